The second-order valence-electron chi connectivity index (χ2n) is 13.3. The van der Waals surface area contributed by atoms with Gasteiger partial charge < -0.3 is 19.1 Å². The van der Waals surface area contributed by atoms with Gasteiger partial charge in [-0.1, -0.05) is 57.7 Å². The van der Waals surface area contributed by atoms with E-state index < -0.39 is 11.9 Å². The number of carboxylic acids is 1. The maximum atomic E-state index is 14.4. The van der Waals surface area contributed by atoms with Gasteiger partial charge in [0.25, 0.3) is 0 Å². The maximum absolute atomic E-state index is 14.4. The average Bonchev–Trinajstić information content (AvgIpc) is 3.76. The van der Waals surface area contributed by atoms with Crippen LogP contribution in [0.2, 0.25) is 0 Å². The molecule has 2 aromatic carbocycles. The van der Waals surface area contributed by atoms with Crippen molar-refractivity contribution in [1.29, 1.82) is 0 Å². The summed E-state index contributed by atoms with van der Waals surface area (Å²) in [6, 6.07) is 14.7. The lowest BCUT2D eigenvalue weighted by atomic mass is 9.78. The zero-order valence-corrected chi connectivity index (χ0v) is 27.7. The van der Waals surface area contributed by atoms with Crippen molar-refractivity contribution in [3.63, 3.8) is 0 Å². The molecule has 2 aliphatic heterocycles. The van der Waals surface area contributed by atoms with E-state index in [0.29, 0.717) is 42.9 Å². The highest BCUT2D eigenvalue weighted by atomic mass is 19.1. The lowest BCUT2D eigenvalue weighted by Gasteiger charge is -2.31. The molecule has 3 heterocycles. The largest absolute Gasteiger partial charge is 0.481 e. The summed E-state index contributed by atoms with van der Waals surface area (Å²) in [5.74, 6) is -0.422. The summed E-state index contributed by atoms with van der Waals surface area (Å²) in [6.45, 7) is 6.97. The number of ketones is 1. The van der Waals surface area contributed by atoms with E-state index in [1.54, 1.807) is 6.92 Å². The lowest BCUT2D eigenvalue weighted by molar-refractivity contribution is -0.143. The first-order valence-corrected chi connectivity index (χ1v) is 16.9. The quantitative estimate of drug-likeness (QED) is 0.178. The monoisotopic (exact) mass is 632 g/mol. The molecule has 8 heteroatoms. The molecule has 2 aliphatic rings. The summed E-state index contributed by atoms with van der Waals surface area (Å²) < 4.78 is 27.2. The number of carbonyl (C=O) groups is 2. The van der Waals surface area contributed by atoms with Crippen molar-refractivity contribution in [3.05, 3.63) is 82.9 Å². The molecule has 1 aromatic heterocycles. The third kappa shape index (κ3) is 7.65. The molecule has 46 heavy (non-hydrogen) atoms. The summed E-state index contributed by atoms with van der Waals surface area (Å²) in [5, 5.41) is 10.7. The SMILES string of the molecule is CCCC(CCC)C(CCc1ccc(F)c(C)c1)C(=O)CN1C[C@H](c2ccc3c(c2)OCO3)[C@@H](C(=O)O)[C@@H]1CCc1cccn1C. The van der Waals surface area contributed by atoms with E-state index in [1.807, 2.05) is 49.6 Å². The van der Waals surface area contributed by atoms with Crippen molar-refractivity contribution in [3.8, 4) is 11.5 Å². The number of halogens is 1. The topological polar surface area (TPSA) is 81.0 Å². The fourth-order valence-corrected chi connectivity index (χ4v) is 7.84. The second-order valence-corrected chi connectivity index (χ2v) is 13.3. The number of carboxylic acid groups (broad SMARTS) is 1. The minimum Gasteiger partial charge on any atom is -0.481 e. The first-order chi connectivity index (χ1) is 22.2. The van der Waals surface area contributed by atoms with Crippen LogP contribution in [0.3, 0.4) is 0 Å². The zero-order chi connectivity index (χ0) is 32.8. The van der Waals surface area contributed by atoms with Crippen LogP contribution in [0.15, 0.2) is 54.7 Å². The summed E-state index contributed by atoms with van der Waals surface area (Å²) in [7, 11) is 2.00. The Hall–Kier alpha value is -3.65. The number of Topliss-reactive ketones (excluding diaryl/α,β-unsaturated/α-hetero) is 1. The van der Waals surface area contributed by atoms with Crippen LogP contribution in [0.5, 0.6) is 11.5 Å². The molecule has 248 valence electrons. The van der Waals surface area contributed by atoms with Crippen molar-refractivity contribution in [1.82, 2.24) is 9.47 Å². The highest BCUT2D eigenvalue weighted by molar-refractivity contribution is 5.83. The van der Waals surface area contributed by atoms with Gasteiger partial charge in [0, 0.05) is 43.4 Å². The molecular formula is C38H49FN2O5. The van der Waals surface area contributed by atoms with Crippen LogP contribution in [0.1, 0.15) is 80.7 Å². The van der Waals surface area contributed by atoms with Crippen molar-refractivity contribution < 1.29 is 28.6 Å². The Bertz CT molecular complexity index is 1500. The predicted molar refractivity (Wildman–Crippen MR) is 177 cm³/mol. The van der Waals surface area contributed by atoms with E-state index in [0.717, 1.165) is 48.9 Å². The van der Waals surface area contributed by atoms with E-state index in [2.05, 4.69) is 29.4 Å². The van der Waals surface area contributed by atoms with Crippen LogP contribution in [-0.4, -0.2) is 52.3 Å². The van der Waals surface area contributed by atoms with Gasteiger partial charge in [-0.3, -0.25) is 14.5 Å². The Morgan fingerprint density at radius 3 is 2.43 bits per heavy atom. The lowest BCUT2D eigenvalue weighted by Crippen LogP contribution is -2.42. The normalized spacial score (nSPS) is 20.0. The van der Waals surface area contributed by atoms with Gasteiger partial charge in [0.15, 0.2) is 11.5 Å². The third-order valence-electron chi connectivity index (χ3n) is 10.2. The van der Waals surface area contributed by atoms with Crippen LogP contribution in [0.4, 0.5) is 4.39 Å². The summed E-state index contributed by atoms with van der Waals surface area (Å²) in [6.07, 6.45) is 8.71. The third-order valence-corrected chi connectivity index (χ3v) is 10.2. The number of ether oxygens (including phenoxy) is 2. The number of aromatic nitrogens is 1. The molecule has 3 aromatic rings. The minimum atomic E-state index is -0.840. The first-order valence-electron chi connectivity index (χ1n) is 16.9. The van der Waals surface area contributed by atoms with E-state index in [-0.39, 0.29) is 48.7 Å². The smallest absolute Gasteiger partial charge is 0.308 e. The molecule has 0 bridgehead atoms. The van der Waals surface area contributed by atoms with Crippen LogP contribution >= 0.6 is 0 Å². The molecule has 5 rings (SSSR count). The van der Waals surface area contributed by atoms with E-state index >= 15 is 0 Å². The van der Waals surface area contributed by atoms with E-state index in [4.69, 9.17) is 9.47 Å². The fraction of sp³-hybridized carbons (Fsp3) is 0.526. The number of likely N-dealkylation sites (tertiary alicyclic amines) is 1. The van der Waals surface area contributed by atoms with Crippen molar-refractivity contribution in [2.45, 2.75) is 84.1 Å². The van der Waals surface area contributed by atoms with Gasteiger partial charge >= 0.3 is 5.97 Å². The number of aryl methyl sites for hydroxylation is 4. The number of hydrogen-bond acceptors (Lipinski definition) is 5. The minimum absolute atomic E-state index is 0.147. The van der Waals surface area contributed by atoms with Crippen LogP contribution in [0.25, 0.3) is 0 Å². The number of hydrogen-bond donors (Lipinski definition) is 1. The maximum Gasteiger partial charge on any atom is 0.308 e. The zero-order valence-electron chi connectivity index (χ0n) is 27.7. The van der Waals surface area contributed by atoms with Gasteiger partial charge in [-0.15, -0.1) is 0 Å². The van der Waals surface area contributed by atoms with Gasteiger partial charge in [0.05, 0.1) is 12.5 Å². The molecule has 0 aliphatic carbocycles. The first kappa shape index (κ1) is 33.7. The van der Waals surface area contributed by atoms with Crippen molar-refractivity contribution in [2.75, 3.05) is 19.9 Å². The number of benzene rings is 2. The summed E-state index contributed by atoms with van der Waals surface area (Å²) in [4.78, 5) is 29.6. The molecule has 1 N–H and O–H groups in total. The molecule has 0 saturated carbocycles. The molecule has 0 spiro atoms. The summed E-state index contributed by atoms with van der Waals surface area (Å²) in [5.41, 5.74) is 3.69. The average molecular weight is 633 g/mol. The Labute approximate surface area is 272 Å². The Balaban J connectivity index is 1.42. The number of rotatable bonds is 16. The predicted octanol–water partition coefficient (Wildman–Crippen LogP) is 7.34. The van der Waals surface area contributed by atoms with E-state index in [1.165, 1.54) is 6.07 Å². The molecule has 1 saturated heterocycles. The molecule has 7 nitrogen and oxygen atoms in total. The summed E-state index contributed by atoms with van der Waals surface area (Å²) >= 11 is 0. The fourth-order valence-electron chi connectivity index (χ4n) is 7.84. The number of carbonyl (C=O) groups excluding carboxylic acids is 1. The number of fused-ring (bicyclic) bond motifs is 1. The molecule has 0 amide bonds. The Kier molecular flexibility index (Phi) is 11.2. The van der Waals surface area contributed by atoms with Gasteiger partial charge in [0.2, 0.25) is 6.79 Å². The van der Waals surface area contributed by atoms with Crippen molar-refractivity contribution in [2.24, 2.45) is 24.8 Å². The van der Waals surface area contributed by atoms with Crippen LogP contribution in [-0.2, 0) is 29.5 Å². The van der Waals surface area contributed by atoms with Crippen LogP contribution in [0, 0.1) is 30.5 Å². The molecule has 0 radical (unpaired) electrons. The van der Waals surface area contributed by atoms with Gasteiger partial charge in [0.1, 0.15) is 11.6 Å². The number of nitrogens with zero attached hydrogens (tertiary/aromatic N) is 2. The Morgan fingerprint density at radius 2 is 1.76 bits per heavy atom. The second kappa shape index (κ2) is 15.3. The van der Waals surface area contributed by atoms with Gasteiger partial charge in [-0.25, -0.2) is 4.39 Å². The van der Waals surface area contributed by atoms with E-state index in [9.17, 15) is 19.1 Å². The van der Waals surface area contributed by atoms with Crippen LogP contribution < -0.4 is 9.47 Å². The highest BCUT2D eigenvalue weighted by Gasteiger charge is 2.47. The van der Waals surface area contributed by atoms with Gasteiger partial charge in [-0.2, -0.15) is 0 Å². The van der Waals surface area contributed by atoms with Crippen molar-refractivity contribution >= 4 is 11.8 Å². The number of aliphatic carboxylic acids is 1. The molecule has 1 unspecified atom stereocenters. The Morgan fingerprint density at radius 1 is 1.00 bits per heavy atom. The molecule has 4 atom stereocenters. The molecular weight excluding hydrogens is 583 g/mol. The van der Waals surface area contributed by atoms with Gasteiger partial charge in [-0.05, 0) is 85.5 Å². The molecule has 1 fully saturated rings. The standard InChI is InChI=1S/C38H49FN2O5/c1-5-8-27(9-6-2)30(15-11-26-12-16-32(39)25(3)20-26)34(42)23-41-22-31(28-13-18-35-36(21-28)46-24-45-35)37(38(43)44)33(41)17-14-29-10-7-19-40(29)4/h7,10,12-13,16,18-21,27,30-31,33,37H,5-6,8-9,11,14-15,17,22-24H2,1-4H3,(H,43,44)/t30?,31-,33+,37-/m1/s1. The highest BCUT2D eigenvalue weighted by Crippen LogP contribution is 2.43.